The highest BCUT2D eigenvalue weighted by Crippen LogP contribution is 2.18. The van der Waals surface area contributed by atoms with Gasteiger partial charge in [-0.15, -0.1) is 0 Å². The molecule has 0 saturated carbocycles. The van der Waals surface area contributed by atoms with E-state index in [-0.39, 0.29) is 6.61 Å². The number of aliphatic hydroxyl groups is 1. The molecular formula is C9H15N3O. The highest BCUT2D eigenvalue weighted by atomic mass is 16.3. The largest absolute Gasteiger partial charge is 0.396 e. The SMILES string of the molecule is Cc1cc(N)c(NCCO)nc1C. The highest BCUT2D eigenvalue weighted by molar-refractivity contribution is 5.62. The first-order valence-corrected chi connectivity index (χ1v) is 4.23. The second-order valence-electron chi connectivity index (χ2n) is 2.98. The molecule has 0 amide bonds. The van der Waals surface area contributed by atoms with Gasteiger partial charge in [-0.1, -0.05) is 0 Å². The summed E-state index contributed by atoms with van der Waals surface area (Å²) < 4.78 is 0. The molecule has 4 N–H and O–H groups in total. The molecule has 0 aliphatic rings. The van der Waals surface area contributed by atoms with Gasteiger partial charge in [-0.25, -0.2) is 4.98 Å². The van der Waals surface area contributed by atoms with E-state index in [1.165, 1.54) is 0 Å². The molecule has 4 heteroatoms. The molecule has 0 saturated heterocycles. The molecule has 0 unspecified atom stereocenters. The molecule has 72 valence electrons. The van der Waals surface area contributed by atoms with Crippen molar-refractivity contribution in [1.82, 2.24) is 4.98 Å². The molecule has 4 nitrogen and oxygen atoms in total. The Morgan fingerprint density at radius 1 is 1.54 bits per heavy atom. The minimum Gasteiger partial charge on any atom is -0.396 e. The first kappa shape index (κ1) is 9.80. The van der Waals surface area contributed by atoms with Gasteiger partial charge in [0, 0.05) is 12.2 Å². The Kier molecular flexibility index (Phi) is 3.08. The molecule has 0 aliphatic carbocycles. The molecule has 0 atom stereocenters. The summed E-state index contributed by atoms with van der Waals surface area (Å²) in [7, 11) is 0. The number of aromatic nitrogens is 1. The topological polar surface area (TPSA) is 71.2 Å². The van der Waals surface area contributed by atoms with Gasteiger partial charge in [-0.3, -0.25) is 0 Å². The van der Waals surface area contributed by atoms with Crippen LogP contribution >= 0.6 is 0 Å². The fraction of sp³-hybridized carbons (Fsp3) is 0.444. The molecule has 0 spiro atoms. The van der Waals surface area contributed by atoms with Crippen LogP contribution in [-0.4, -0.2) is 23.2 Å². The smallest absolute Gasteiger partial charge is 0.149 e. The Labute approximate surface area is 77.8 Å². The number of hydrogen-bond acceptors (Lipinski definition) is 4. The molecule has 13 heavy (non-hydrogen) atoms. The predicted molar refractivity (Wildman–Crippen MR) is 53.7 cm³/mol. The standard InChI is InChI=1S/C9H15N3O/c1-6-5-8(10)9(11-3-4-13)12-7(6)2/h5,13H,3-4,10H2,1-2H3,(H,11,12). The number of rotatable bonds is 3. The van der Waals surface area contributed by atoms with E-state index < -0.39 is 0 Å². The zero-order chi connectivity index (χ0) is 9.84. The predicted octanol–water partition coefficient (Wildman–Crippen LogP) is 0.685. The van der Waals surface area contributed by atoms with Gasteiger partial charge in [0.1, 0.15) is 5.82 Å². The first-order chi connectivity index (χ1) is 6.15. The lowest BCUT2D eigenvalue weighted by atomic mass is 10.2. The van der Waals surface area contributed by atoms with Crippen molar-refractivity contribution in [3.05, 3.63) is 17.3 Å². The number of anilines is 2. The number of pyridine rings is 1. The second-order valence-corrected chi connectivity index (χ2v) is 2.98. The van der Waals surface area contributed by atoms with Gasteiger partial charge in [0.25, 0.3) is 0 Å². The second kappa shape index (κ2) is 4.09. The average Bonchev–Trinajstić information content (AvgIpc) is 2.09. The number of nitrogen functional groups attached to an aromatic ring is 1. The van der Waals surface area contributed by atoms with Crippen molar-refractivity contribution >= 4 is 11.5 Å². The molecule has 0 aromatic carbocycles. The van der Waals surface area contributed by atoms with Crippen LogP contribution in [0.2, 0.25) is 0 Å². The molecule has 1 aromatic rings. The van der Waals surface area contributed by atoms with Crippen molar-refractivity contribution < 1.29 is 5.11 Å². The number of nitrogens with zero attached hydrogens (tertiary/aromatic N) is 1. The van der Waals surface area contributed by atoms with Crippen molar-refractivity contribution in [2.24, 2.45) is 0 Å². The Balaban J connectivity index is 2.88. The summed E-state index contributed by atoms with van der Waals surface area (Å²) in [6.07, 6.45) is 0. The minimum atomic E-state index is 0.0774. The van der Waals surface area contributed by atoms with Crippen LogP contribution in [0.4, 0.5) is 11.5 Å². The monoisotopic (exact) mass is 181 g/mol. The number of nitrogens with one attached hydrogen (secondary N) is 1. The lowest BCUT2D eigenvalue weighted by Gasteiger charge is -2.09. The van der Waals surface area contributed by atoms with E-state index in [0.717, 1.165) is 11.3 Å². The molecular weight excluding hydrogens is 166 g/mol. The van der Waals surface area contributed by atoms with Crippen LogP contribution in [-0.2, 0) is 0 Å². The van der Waals surface area contributed by atoms with E-state index in [1.807, 2.05) is 19.9 Å². The fourth-order valence-electron chi connectivity index (χ4n) is 1.04. The Bertz CT molecular complexity index is 299. The quantitative estimate of drug-likeness (QED) is 0.641. The summed E-state index contributed by atoms with van der Waals surface area (Å²) in [5.41, 5.74) is 8.38. The molecule has 0 radical (unpaired) electrons. The van der Waals surface area contributed by atoms with Crippen LogP contribution in [0.15, 0.2) is 6.07 Å². The number of aryl methyl sites for hydroxylation is 2. The molecule has 1 heterocycles. The van der Waals surface area contributed by atoms with E-state index in [4.69, 9.17) is 10.8 Å². The Morgan fingerprint density at radius 2 is 2.23 bits per heavy atom. The molecule has 0 bridgehead atoms. The summed E-state index contributed by atoms with van der Waals surface area (Å²) in [4.78, 5) is 4.26. The van der Waals surface area contributed by atoms with E-state index in [9.17, 15) is 0 Å². The fourth-order valence-corrected chi connectivity index (χ4v) is 1.04. The summed E-state index contributed by atoms with van der Waals surface area (Å²) in [6.45, 7) is 4.45. The van der Waals surface area contributed by atoms with Crippen LogP contribution in [0, 0.1) is 13.8 Å². The number of aliphatic hydroxyl groups excluding tert-OH is 1. The molecule has 1 aromatic heterocycles. The Hall–Kier alpha value is -1.29. The zero-order valence-electron chi connectivity index (χ0n) is 7.96. The van der Waals surface area contributed by atoms with Gasteiger partial charge in [-0.2, -0.15) is 0 Å². The van der Waals surface area contributed by atoms with Crippen molar-refractivity contribution in [3.8, 4) is 0 Å². The summed E-state index contributed by atoms with van der Waals surface area (Å²) in [5.74, 6) is 0.650. The third kappa shape index (κ3) is 2.32. The lowest BCUT2D eigenvalue weighted by Crippen LogP contribution is -2.10. The normalized spacial score (nSPS) is 10.1. The molecule has 0 fully saturated rings. The lowest BCUT2D eigenvalue weighted by molar-refractivity contribution is 0.311. The van der Waals surface area contributed by atoms with Crippen LogP contribution in [0.5, 0.6) is 0 Å². The molecule has 0 aliphatic heterocycles. The highest BCUT2D eigenvalue weighted by Gasteiger charge is 2.02. The summed E-state index contributed by atoms with van der Waals surface area (Å²) >= 11 is 0. The van der Waals surface area contributed by atoms with Gasteiger partial charge in [0.05, 0.1) is 12.3 Å². The maximum atomic E-state index is 8.61. The van der Waals surface area contributed by atoms with Crippen molar-refractivity contribution in [1.29, 1.82) is 0 Å². The van der Waals surface area contributed by atoms with E-state index in [2.05, 4.69) is 10.3 Å². The van der Waals surface area contributed by atoms with Crippen LogP contribution in [0.3, 0.4) is 0 Å². The Morgan fingerprint density at radius 3 is 2.85 bits per heavy atom. The van der Waals surface area contributed by atoms with Gasteiger partial charge >= 0.3 is 0 Å². The van der Waals surface area contributed by atoms with Crippen LogP contribution < -0.4 is 11.1 Å². The third-order valence-corrected chi connectivity index (χ3v) is 1.90. The van der Waals surface area contributed by atoms with Crippen LogP contribution in [0.1, 0.15) is 11.3 Å². The van der Waals surface area contributed by atoms with Gasteiger partial charge in [-0.05, 0) is 25.5 Å². The number of nitrogens with two attached hydrogens (primary N) is 1. The maximum absolute atomic E-state index is 8.61. The van der Waals surface area contributed by atoms with E-state index in [1.54, 1.807) is 0 Å². The third-order valence-electron chi connectivity index (χ3n) is 1.90. The van der Waals surface area contributed by atoms with Crippen molar-refractivity contribution in [2.75, 3.05) is 24.2 Å². The molecule has 1 rings (SSSR count). The van der Waals surface area contributed by atoms with Gasteiger partial charge in [0.15, 0.2) is 0 Å². The van der Waals surface area contributed by atoms with E-state index in [0.29, 0.717) is 18.1 Å². The van der Waals surface area contributed by atoms with Crippen LogP contribution in [0.25, 0.3) is 0 Å². The zero-order valence-corrected chi connectivity index (χ0v) is 7.96. The summed E-state index contributed by atoms with van der Waals surface area (Å²) in [5, 5.41) is 11.6. The van der Waals surface area contributed by atoms with E-state index >= 15 is 0 Å². The first-order valence-electron chi connectivity index (χ1n) is 4.23. The van der Waals surface area contributed by atoms with Gasteiger partial charge in [0.2, 0.25) is 0 Å². The van der Waals surface area contributed by atoms with Gasteiger partial charge < -0.3 is 16.2 Å². The average molecular weight is 181 g/mol. The van der Waals surface area contributed by atoms with Crippen molar-refractivity contribution in [2.45, 2.75) is 13.8 Å². The number of hydrogen-bond donors (Lipinski definition) is 3. The maximum Gasteiger partial charge on any atom is 0.149 e. The minimum absolute atomic E-state index is 0.0774. The van der Waals surface area contributed by atoms with Crippen molar-refractivity contribution in [3.63, 3.8) is 0 Å². The summed E-state index contributed by atoms with van der Waals surface area (Å²) in [6, 6.07) is 1.88.